The van der Waals surface area contributed by atoms with E-state index in [0.717, 1.165) is 19.4 Å². The molecule has 0 spiro atoms. The molecule has 0 heterocycles. The van der Waals surface area contributed by atoms with E-state index in [1.165, 1.54) is 17.7 Å². The normalized spacial score (nSPS) is 12.9. The van der Waals surface area contributed by atoms with Crippen LogP contribution in [0, 0.1) is 0 Å². The third kappa shape index (κ3) is 5.67. The van der Waals surface area contributed by atoms with Crippen molar-refractivity contribution in [2.45, 2.75) is 38.4 Å². The quantitative estimate of drug-likeness (QED) is 0.620. The zero-order valence-electron chi connectivity index (χ0n) is 8.31. The molecule has 0 aromatic carbocycles. The van der Waals surface area contributed by atoms with E-state index in [-0.39, 0.29) is 0 Å². The third-order valence-corrected chi connectivity index (χ3v) is 3.33. The summed E-state index contributed by atoms with van der Waals surface area (Å²) in [4.78, 5) is 0. The highest BCUT2D eigenvalue weighted by atomic mass is 32.2. The first-order chi connectivity index (χ1) is 5.72. The Morgan fingerprint density at radius 2 is 2.25 bits per heavy atom. The maximum absolute atomic E-state index is 5.43. The number of thioether (sulfide) groups is 1. The van der Waals surface area contributed by atoms with E-state index in [4.69, 9.17) is 5.73 Å². The van der Waals surface area contributed by atoms with Crippen molar-refractivity contribution in [3.05, 3.63) is 12.2 Å². The smallest absolute Gasteiger partial charge is 0.0225 e. The molecule has 0 radical (unpaired) electrons. The Morgan fingerprint density at radius 3 is 2.75 bits per heavy atom. The molecule has 1 atom stereocenters. The number of hydrogen-bond donors (Lipinski definition) is 1. The molecule has 1 unspecified atom stereocenters. The van der Waals surface area contributed by atoms with Crippen LogP contribution in [0.25, 0.3) is 0 Å². The largest absolute Gasteiger partial charge is 0.330 e. The van der Waals surface area contributed by atoms with Crippen LogP contribution in [-0.4, -0.2) is 17.5 Å². The Balaban J connectivity index is 3.47. The zero-order chi connectivity index (χ0) is 9.40. The highest BCUT2D eigenvalue weighted by Crippen LogP contribution is 2.21. The van der Waals surface area contributed by atoms with Crippen molar-refractivity contribution in [1.29, 1.82) is 0 Å². The fraction of sp³-hybridized carbons (Fsp3) is 0.800. The zero-order valence-corrected chi connectivity index (χ0v) is 9.12. The molecule has 0 saturated carbocycles. The molecule has 12 heavy (non-hydrogen) atoms. The van der Waals surface area contributed by atoms with Gasteiger partial charge in [0.15, 0.2) is 0 Å². The maximum atomic E-state index is 5.43. The van der Waals surface area contributed by atoms with E-state index in [2.05, 4.69) is 20.4 Å². The Bertz CT molecular complexity index is 123. The minimum atomic E-state index is 0.608. The Labute approximate surface area is 80.8 Å². The van der Waals surface area contributed by atoms with Gasteiger partial charge in [0.05, 0.1) is 0 Å². The number of hydrogen-bond acceptors (Lipinski definition) is 2. The van der Waals surface area contributed by atoms with Crippen molar-refractivity contribution in [3.8, 4) is 0 Å². The Hall–Kier alpha value is 0.0500. The maximum Gasteiger partial charge on any atom is 0.0225 e. The van der Waals surface area contributed by atoms with Crippen molar-refractivity contribution in [2.24, 2.45) is 5.73 Å². The van der Waals surface area contributed by atoms with Gasteiger partial charge in [-0.15, -0.1) is 0 Å². The van der Waals surface area contributed by atoms with Gasteiger partial charge in [-0.1, -0.05) is 19.1 Å². The summed E-state index contributed by atoms with van der Waals surface area (Å²) in [5.41, 5.74) is 6.78. The molecular weight excluding hydrogens is 166 g/mol. The summed E-state index contributed by atoms with van der Waals surface area (Å²) >= 11 is 1.99. The predicted molar refractivity (Wildman–Crippen MR) is 59.6 cm³/mol. The standard InChI is InChI=1S/C10H21NS/c1-4-8-12-10(3)9(2)6-5-7-11/h10H,2,4-8,11H2,1,3H3. The lowest BCUT2D eigenvalue weighted by Crippen LogP contribution is -2.05. The van der Waals surface area contributed by atoms with Crippen LogP contribution in [0.4, 0.5) is 0 Å². The summed E-state index contributed by atoms with van der Waals surface area (Å²) in [6.07, 6.45) is 3.42. The number of rotatable bonds is 7. The van der Waals surface area contributed by atoms with E-state index in [9.17, 15) is 0 Å². The average Bonchev–Trinajstić information content (AvgIpc) is 2.10. The van der Waals surface area contributed by atoms with Crippen LogP contribution in [-0.2, 0) is 0 Å². The van der Waals surface area contributed by atoms with Gasteiger partial charge < -0.3 is 5.73 Å². The molecular formula is C10H21NS. The molecule has 2 heteroatoms. The summed E-state index contributed by atoms with van der Waals surface area (Å²) in [7, 11) is 0. The first kappa shape index (κ1) is 12.0. The predicted octanol–water partition coefficient (Wildman–Crippen LogP) is 2.81. The SMILES string of the molecule is C=C(CCCN)C(C)SCCC. The molecule has 0 aromatic rings. The first-order valence-corrected chi connectivity index (χ1v) is 5.76. The second-order valence-electron chi connectivity index (χ2n) is 3.06. The van der Waals surface area contributed by atoms with Crippen LogP contribution in [0.3, 0.4) is 0 Å². The molecule has 0 aliphatic heterocycles. The minimum Gasteiger partial charge on any atom is -0.330 e. The first-order valence-electron chi connectivity index (χ1n) is 4.71. The van der Waals surface area contributed by atoms with Gasteiger partial charge in [0.2, 0.25) is 0 Å². The topological polar surface area (TPSA) is 26.0 Å². The van der Waals surface area contributed by atoms with Crippen LogP contribution in [0.15, 0.2) is 12.2 Å². The molecule has 0 aliphatic rings. The van der Waals surface area contributed by atoms with Gasteiger partial charge in [0.1, 0.15) is 0 Å². The van der Waals surface area contributed by atoms with Crippen LogP contribution in [0.5, 0.6) is 0 Å². The number of nitrogens with two attached hydrogens (primary N) is 1. The fourth-order valence-electron chi connectivity index (χ4n) is 0.945. The highest BCUT2D eigenvalue weighted by Gasteiger charge is 2.05. The molecule has 0 saturated heterocycles. The molecule has 72 valence electrons. The van der Waals surface area contributed by atoms with E-state index in [0.29, 0.717) is 5.25 Å². The fourth-order valence-corrected chi connectivity index (χ4v) is 1.89. The second kappa shape index (κ2) is 7.69. The van der Waals surface area contributed by atoms with Crippen molar-refractivity contribution in [1.82, 2.24) is 0 Å². The van der Waals surface area contributed by atoms with Gasteiger partial charge in [-0.05, 0) is 38.5 Å². The molecule has 0 amide bonds. The molecule has 0 bridgehead atoms. The van der Waals surface area contributed by atoms with Crippen LogP contribution in [0.2, 0.25) is 0 Å². The third-order valence-electron chi connectivity index (χ3n) is 1.85. The Morgan fingerprint density at radius 1 is 1.58 bits per heavy atom. The highest BCUT2D eigenvalue weighted by molar-refractivity contribution is 8.00. The van der Waals surface area contributed by atoms with Crippen LogP contribution in [0.1, 0.15) is 33.1 Å². The van der Waals surface area contributed by atoms with Gasteiger partial charge in [-0.3, -0.25) is 0 Å². The molecule has 0 aromatic heterocycles. The van der Waals surface area contributed by atoms with E-state index >= 15 is 0 Å². The molecule has 0 fully saturated rings. The lowest BCUT2D eigenvalue weighted by molar-refractivity contribution is 0.804. The lowest BCUT2D eigenvalue weighted by Gasteiger charge is -2.13. The van der Waals surface area contributed by atoms with Gasteiger partial charge in [-0.2, -0.15) is 11.8 Å². The molecule has 1 nitrogen and oxygen atoms in total. The van der Waals surface area contributed by atoms with Crippen molar-refractivity contribution in [3.63, 3.8) is 0 Å². The van der Waals surface area contributed by atoms with Crippen molar-refractivity contribution < 1.29 is 0 Å². The molecule has 0 aliphatic carbocycles. The van der Waals surface area contributed by atoms with E-state index < -0.39 is 0 Å². The van der Waals surface area contributed by atoms with Gasteiger partial charge >= 0.3 is 0 Å². The van der Waals surface area contributed by atoms with Crippen LogP contribution >= 0.6 is 11.8 Å². The average molecular weight is 187 g/mol. The summed E-state index contributed by atoms with van der Waals surface area (Å²) in [5.74, 6) is 1.24. The lowest BCUT2D eigenvalue weighted by atomic mass is 10.1. The summed E-state index contributed by atoms with van der Waals surface area (Å²) < 4.78 is 0. The van der Waals surface area contributed by atoms with Crippen molar-refractivity contribution >= 4 is 11.8 Å². The minimum absolute atomic E-state index is 0.608. The summed E-state index contributed by atoms with van der Waals surface area (Å²) in [6.45, 7) is 9.30. The Kier molecular flexibility index (Phi) is 7.72. The van der Waals surface area contributed by atoms with Gasteiger partial charge in [0, 0.05) is 5.25 Å². The molecule has 0 rings (SSSR count). The van der Waals surface area contributed by atoms with Gasteiger partial charge in [0.25, 0.3) is 0 Å². The van der Waals surface area contributed by atoms with Gasteiger partial charge in [-0.25, -0.2) is 0 Å². The molecule has 2 N–H and O–H groups in total. The van der Waals surface area contributed by atoms with E-state index in [1.807, 2.05) is 11.8 Å². The summed E-state index contributed by atoms with van der Waals surface area (Å²) in [5, 5.41) is 0.608. The second-order valence-corrected chi connectivity index (χ2v) is 4.51. The monoisotopic (exact) mass is 187 g/mol. The summed E-state index contributed by atoms with van der Waals surface area (Å²) in [6, 6.07) is 0. The van der Waals surface area contributed by atoms with Crippen molar-refractivity contribution in [2.75, 3.05) is 12.3 Å². The van der Waals surface area contributed by atoms with E-state index in [1.54, 1.807) is 0 Å². The van der Waals surface area contributed by atoms with Crippen LogP contribution < -0.4 is 5.73 Å².